The van der Waals surface area contributed by atoms with Crippen LogP contribution in [0.3, 0.4) is 0 Å². The molecule has 2 aromatic heterocycles. The van der Waals surface area contributed by atoms with Crippen molar-refractivity contribution in [3.8, 4) is 0 Å². The van der Waals surface area contributed by atoms with E-state index in [1.807, 2.05) is 4.90 Å². The third kappa shape index (κ3) is 1.64. The van der Waals surface area contributed by atoms with Crippen molar-refractivity contribution >= 4 is 17.2 Å². The lowest BCUT2D eigenvalue weighted by Crippen LogP contribution is -2.38. The summed E-state index contributed by atoms with van der Waals surface area (Å²) in [6.45, 7) is 2.81. The smallest absolute Gasteiger partial charge is 0.276 e. The first-order valence-corrected chi connectivity index (χ1v) is 6.38. The van der Waals surface area contributed by atoms with E-state index >= 15 is 0 Å². The average Bonchev–Trinajstić information content (AvgIpc) is 3.00. The zero-order valence-corrected chi connectivity index (χ0v) is 10.2. The number of hydrogen-bond donors (Lipinski definition) is 1. The maximum atomic E-state index is 12.2. The molecule has 1 unspecified atom stereocenters. The van der Waals surface area contributed by atoms with E-state index in [9.17, 15) is 4.79 Å². The molecule has 1 aliphatic heterocycles. The lowest BCUT2D eigenvalue weighted by Gasteiger charge is -2.33. The Bertz CT molecular complexity index is 533. The fourth-order valence-corrected chi connectivity index (χ4v) is 3.20. The SMILES string of the molecule is CC1c2ccsc2CCN1C(=O)c1cn[nH]n1. The zero-order valence-electron chi connectivity index (χ0n) is 9.38. The van der Waals surface area contributed by atoms with E-state index in [4.69, 9.17) is 0 Å². The van der Waals surface area contributed by atoms with Crippen LogP contribution in [0.5, 0.6) is 0 Å². The van der Waals surface area contributed by atoms with Crippen LogP contribution >= 0.6 is 11.3 Å². The van der Waals surface area contributed by atoms with E-state index in [1.54, 1.807) is 11.3 Å². The predicted octanol–water partition coefficient (Wildman–Crippen LogP) is 1.63. The van der Waals surface area contributed by atoms with E-state index in [1.165, 1.54) is 16.6 Å². The van der Waals surface area contributed by atoms with Crippen LogP contribution in [0.15, 0.2) is 17.6 Å². The summed E-state index contributed by atoms with van der Waals surface area (Å²) in [5, 5.41) is 12.1. The molecule has 0 spiro atoms. The highest BCUT2D eigenvalue weighted by Gasteiger charge is 2.29. The van der Waals surface area contributed by atoms with Gasteiger partial charge in [0.25, 0.3) is 5.91 Å². The largest absolute Gasteiger partial charge is 0.330 e. The number of H-pyrrole nitrogens is 1. The summed E-state index contributed by atoms with van der Waals surface area (Å²) in [5.41, 5.74) is 1.65. The van der Waals surface area contributed by atoms with Gasteiger partial charge in [0.05, 0.1) is 12.2 Å². The molecule has 5 nitrogen and oxygen atoms in total. The minimum absolute atomic E-state index is 0.0527. The Hall–Kier alpha value is -1.69. The topological polar surface area (TPSA) is 61.9 Å². The predicted molar refractivity (Wildman–Crippen MR) is 63.9 cm³/mol. The molecule has 0 bridgehead atoms. The van der Waals surface area contributed by atoms with Gasteiger partial charge in [0.15, 0.2) is 5.69 Å². The molecule has 88 valence electrons. The van der Waals surface area contributed by atoms with Crippen molar-refractivity contribution < 1.29 is 4.79 Å². The van der Waals surface area contributed by atoms with Gasteiger partial charge in [-0.05, 0) is 30.4 Å². The number of carbonyl (C=O) groups is 1. The highest BCUT2D eigenvalue weighted by atomic mass is 32.1. The van der Waals surface area contributed by atoms with Gasteiger partial charge in [0.2, 0.25) is 0 Å². The van der Waals surface area contributed by atoms with Crippen molar-refractivity contribution in [3.05, 3.63) is 33.8 Å². The number of aromatic nitrogens is 3. The Kier molecular flexibility index (Phi) is 2.44. The standard InChI is InChI=1S/C11H12N4OS/c1-7-8-3-5-17-10(8)2-4-15(7)11(16)9-6-12-14-13-9/h3,5-7H,2,4H2,1H3,(H,12,13,14). The van der Waals surface area contributed by atoms with E-state index in [2.05, 4.69) is 33.8 Å². The van der Waals surface area contributed by atoms with Gasteiger partial charge in [-0.15, -0.1) is 11.3 Å². The normalized spacial score (nSPS) is 19.1. The molecule has 2 aromatic rings. The second-order valence-corrected chi connectivity index (χ2v) is 5.08. The molecule has 6 heteroatoms. The van der Waals surface area contributed by atoms with Crippen LogP contribution in [-0.2, 0) is 6.42 Å². The molecule has 3 rings (SSSR count). The van der Waals surface area contributed by atoms with Gasteiger partial charge in [0.1, 0.15) is 0 Å². The number of rotatable bonds is 1. The lowest BCUT2D eigenvalue weighted by atomic mass is 10.0. The summed E-state index contributed by atoms with van der Waals surface area (Å²) in [6, 6.07) is 2.22. The highest BCUT2D eigenvalue weighted by Crippen LogP contribution is 2.33. The molecule has 0 saturated heterocycles. The van der Waals surface area contributed by atoms with Crippen LogP contribution in [0.2, 0.25) is 0 Å². The van der Waals surface area contributed by atoms with Gasteiger partial charge in [-0.3, -0.25) is 4.79 Å². The maximum Gasteiger partial charge on any atom is 0.276 e. The Morgan fingerprint density at radius 2 is 2.53 bits per heavy atom. The third-order valence-corrected chi connectivity index (χ3v) is 4.17. The number of nitrogens with zero attached hydrogens (tertiary/aromatic N) is 3. The number of amides is 1. The van der Waals surface area contributed by atoms with Gasteiger partial charge >= 0.3 is 0 Å². The summed E-state index contributed by atoms with van der Waals surface area (Å²) in [5.74, 6) is -0.0527. The minimum atomic E-state index is -0.0527. The quantitative estimate of drug-likeness (QED) is 0.834. The van der Waals surface area contributed by atoms with E-state index in [0.717, 1.165) is 13.0 Å². The van der Waals surface area contributed by atoms with Crippen molar-refractivity contribution in [1.29, 1.82) is 0 Å². The van der Waals surface area contributed by atoms with Crippen LogP contribution in [0.4, 0.5) is 0 Å². The number of thiophene rings is 1. The van der Waals surface area contributed by atoms with Gasteiger partial charge in [0, 0.05) is 11.4 Å². The molecule has 1 atom stereocenters. The van der Waals surface area contributed by atoms with Crippen LogP contribution in [0, 0.1) is 0 Å². The summed E-state index contributed by atoms with van der Waals surface area (Å²) >= 11 is 1.77. The number of carbonyl (C=O) groups excluding carboxylic acids is 1. The molecular weight excluding hydrogens is 236 g/mol. The monoisotopic (exact) mass is 248 g/mol. The number of fused-ring (bicyclic) bond motifs is 1. The molecule has 0 saturated carbocycles. The van der Waals surface area contributed by atoms with Crippen LogP contribution in [0.1, 0.15) is 33.9 Å². The van der Waals surface area contributed by atoms with Crippen molar-refractivity contribution in [2.45, 2.75) is 19.4 Å². The van der Waals surface area contributed by atoms with Crippen molar-refractivity contribution in [3.63, 3.8) is 0 Å². The first kappa shape index (κ1) is 10.5. The molecule has 0 radical (unpaired) electrons. The second kappa shape index (κ2) is 3.96. The third-order valence-electron chi connectivity index (χ3n) is 3.17. The summed E-state index contributed by atoms with van der Waals surface area (Å²) in [4.78, 5) is 15.5. The average molecular weight is 248 g/mol. The van der Waals surface area contributed by atoms with Crippen molar-refractivity contribution in [2.75, 3.05) is 6.54 Å². The van der Waals surface area contributed by atoms with Crippen LogP contribution < -0.4 is 0 Å². The molecule has 1 N–H and O–H groups in total. The molecule has 1 amide bonds. The van der Waals surface area contributed by atoms with E-state index in [0.29, 0.717) is 5.69 Å². The van der Waals surface area contributed by atoms with E-state index in [-0.39, 0.29) is 11.9 Å². The van der Waals surface area contributed by atoms with Crippen LogP contribution in [-0.4, -0.2) is 32.8 Å². The van der Waals surface area contributed by atoms with Gasteiger partial charge in [-0.2, -0.15) is 15.4 Å². The van der Waals surface area contributed by atoms with Gasteiger partial charge in [-0.25, -0.2) is 0 Å². The molecule has 17 heavy (non-hydrogen) atoms. The number of aromatic amines is 1. The first-order chi connectivity index (χ1) is 8.27. The summed E-state index contributed by atoms with van der Waals surface area (Å²) in [7, 11) is 0. The second-order valence-electron chi connectivity index (χ2n) is 4.08. The first-order valence-electron chi connectivity index (χ1n) is 5.50. The lowest BCUT2D eigenvalue weighted by molar-refractivity contribution is 0.0673. The fourth-order valence-electron chi connectivity index (χ4n) is 2.24. The molecule has 3 heterocycles. The van der Waals surface area contributed by atoms with Gasteiger partial charge in [-0.1, -0.05) is 0 Å². The number of nitrogens with one attached hydrogen (secondary N) is 1. The zero-order chi connectivity index (χ0) is 11.8. The van der Waals surface area contributed by atoms with Crippen molar-refractivity contribution in [2.24, 2.45) is 0 Å². The maximum absolute atomic E-state index is 12.2. The summed E-state index contributed by atoms with van der Waals surface area (Å²) < 4.78 is 0. The molecule has 0 aromatic carbocycles. The Morgan fingerprint density at radius 3 is 3.29 bits per heavy atom. The number of hydrogen-bond acceptors (Lipinski definition) is 4. The minimum Gasteiger partial charge on any atom is -0.330 e. The van der Waals surface area contributed by atoms with Crippen molar-refractivity contribution in [1.82, 2.24) is 20.3 Å². The molecule has 0 aliphatic carbocycles. The highest BCUT2D eigenvalue weighted by molar-refractivity contribution is 7.10. The summed E-state index contributed by atoms with van der Waals surface area (Å²) in [6.07, 6.45) is 2.40. The Morgan fingerprint density at radius 1 is 1.65 bits per heavy atom. The van der Waals surface area contributed by atoms with Crippen LogP contribution in [0.25, 0.3) is 0 Å². The molecule has 0 fully saturated rings. The van der Waals surface area contributed by atoms with Gasteiger partial charge < -0.3 is 4.90 Å². The molecular formula is C11H12N4OS. The molecule has 1 aliphatic rings. The fraction of sp³-hybridized carbons (Fsp3) is 0.364. The Labute approximate surface area is 102 Å². The van der Waals surface area contributed by atoms with E-state index < -0.39 is 0 Å². The Balaban J connectivity index is 1.89.